The molecule has 0 amide bonds. The Bertz CT molecular complexity index is 328. The average molecular weight is 541 g/mol. The van der Waals surface area contributed by atoms with Crippen molar-refractivity contribution in [3.63, 3.8) is 0 Å². The molecule has 0 radical (unpaired) electrons. The van der Waals surface area contributed by atoms with E-state index in [2.05, 4.69) is 99.0 Å². The van der Waals surface area contributed by atoms with Crippen LogP contribution in [0.5, 0.6) is 0 Å². The molecule has 0 fully saturated rings. The van der Waals surface area contributed by atoms with E-state index in [-0.39, 0.29) is 26.2 Å². The van der Waals surface area contributed by atoms with Gasteiger partial charge in [-0.1, -0.05) is 119 Å². The van der Waals surface area contributed by atoms with Gasteiger partial charge in [0.15, 0.2) is 0 Å². The van der Waals surface area contributed by atoms with Crippen molar-refractivity contribution in [3.8, 4) is 0 Å². The second-order valence-electron chi connectivity index (χ2n) is 11.1. The Kier molecular flexibility index (Phi) is 36.8. The molecule has 4 heteroatoms. The van der Waals surface area contributed by atoms with Crippen molar-refractivity contribution in [1.29, 1.82) is 0 Å². The van der Waals surface area contributed by atoms with Gasteiger partial charge in [-0.15, -0.1) is 39.3 Å². The zero-order chi connectivity index (χ0) is 25.4. The molecule has 0 aromatic heterocycles. The molecule has 0 N–H and O–H groups in total. The van der Waals surface area contributed by atoms with Gasteiger partial charge in [-0.2, -0.15) is 18.2 Å². The van der Waals surface area contributed by atoms with Crippen molar-refractivity contribution >= 4 is 0 Å². The van der Waals surface area contributed by atoms with Crippen molar-refractivity contribution < 1.29 is 26.2 Å². The van der Waals surface area contributed by atoms with Crippen LogP contribution in [0, 0.1) is 35.5 Å². The Labute approximate surface area is 229 Å². The van der Waals surface area contributed by atoms with Gasteiger partial charge < -0.3 is 16.0 Å². The molecule has 0 atom stereocenters. The van der Waals surface area contributed by atoms with Crippen molar-refractivity contribution in [2.24, 2.45) is 35.5 Å². The molecule has 0 aliphatic heterocycles. The summed E-state index contributed by atoms with van der Waals surface area (Å²) in [5.74, 6) is 4.35. The Morgan fingerprint density at radius 1 is 0.424 bits per heavy atom. The van der Waals surface area contributed by atoms with E-state index in [1.807, 2.05) is 30.3 Å². The normalized spacial score (nSPS) is 10.5. The standard InChI is InChI=1S/3C8H18N.C5H5.Zr/c3*1-7(2)5-9-6-8(3)4;1-2-4-5-3-1;/h3*7-8H,5-6H2,1-4H3;1-5H;/q4*-1;+4. The molecule has 1 aromatic carbocycles. The Balaban J connectivity index is -0.000000171. The molecule has 1 aromatic rings. The predicted octanol–water partition coefficient (Wildman–Crippen LogP) is 9.42. The molecule has 0 unspecified atom stereocenters. The molecule has 0 spiro atoms. The SMILES string of the molecule is CC(C)C[N-]CC(C)C.CC(C)C[N-]CC(C)C.CC(C)C[N-]CC(C)C.[Zr+4].c1cc[cH-]c1. The van der Waals surface area contributed by atoms with Crippen molar-refractivity contribution in [2.45, 2.75) is 83.1 Å². The van der Waals surface area contributed by atoms with E-state index in [0.29, 0.717) is 0 Å². The predicted molar refractivity (Wildman–Crippen MR) is 150 cm³/mol. The van der Waals surface area contributed by atoms with Gasteiger partial charge in [0.2, 0.25) is 0 Å². The fourth-order valence-electron chi connectivity index (χ4n) is 2.09. The third-order valence-electron chi connectivity index (χ3n) is 3.52. The van der Waals surface area contributed by atoms with E-state index in [1.165, 1.54) is 0 Å². The summed E-state index contributed by atoms with van der Waals surface area (Å²) in [4.78, 5) is 0. The number of hydrogen-bond donors (Lipinski definition) is 0. The van der Waals surface area contributed by atoms with Crippen LogP contribution in [0.2, 0.25) is 0 Å². The fraction of sp³-hybridized carbons (Fsp3) is 0.828. The summed E-state index contributed by atoms with van der Waals surface area (Å²) in [6, 6.07) is 10.0. The van der Waals surface area contributed by atoms with Gasteiger partial charge in [-0.05, 0) is 0 Å². The van der Waals surface area contributed by atoms with Gasteiger partial charge >= 0.3 is 26.2 Å². The maximum atomic E-state index is 4.37. The van der Waals surface area contributed by atoms with Crippen LogP contribution < -0.4 is 0 Å². The molecule has 3 nitrogen and oxygen atoms in total. The van der Waals surface area contributed by atoms with Gasteiger partial charge in [0.25, 0.3) is 0 Å². The third kappa shape index (κ3) is 54.5. The summed E-state index contributed by atoms with van der Waals surface area (Å²) < 4.78 is 0. The van der Waals surface area contributed by atoms with E-state index in [4.69, 9.17) is 0 Å². The summed E-state index contributed by atoms with van der Waals surface area (Å²) in [5.41, 5.74) is 0. The molecule has 0 aliphatic carbocycles. The summed E-state index contributed by atoms with van der Waals surface area (Å²) >= 11 is 0. The number of hydrogen-bond acceptors (Lipinski definition) is 0. The topological polar surface area (TPSA) is 42.3 Å². The summed E-state index contributed by atoms with van der Waals surface area (Å²) in [7, 11) is 0. The fourth-order valence-corrected chi connectivity index (χ4v) is 2.09. The van der Waals surface area contributed by atoms with Crippen LogP contribution in [-0.4, -0.2) is 39.3 Å². The van der Waals surface area contributed by atoms with E-state index in [9.17, 15) is 0 Å². The Hall–Kier alpha value is 0.113. The first kappa shape index (κ1) is 40.3. The van der Waals surface area contributed by atoms with Gasteiger partial charge in [-0.25, -0.2) is 12.1 Å². The first-order valence-electron chi connectivity index (χ1n) is 12.9. The molecule has 33 heavy (non-hydrogen) atoms. The van der Waals surface area contributed by atoms with E-state index < -0.39 is 0 Å². The Morgan fingerprint density at radius 3 is 0.697 bits per heavy atom. The van der Waals surface area contributed by atoms with Crippen LogP contribution in [-0.2, 0) is 26.2 Å². The molecular weight excluding hydrogens is 482 g/mol. The van der Waals surface area contributed by atoms with Crippen LogP contribution >= 0.6 is 0 Å². The van der Waals surface area contributed by atoms with Crippen molar-refractivity contribution in [1.82, 2.24) is 0 Å². The Morgan fingerprint density at radius 2 is 0.606 bits per heavy atom. The van der Waals surface area contributed by atoms with E-state index in [0.717, 1.165) is 74.8 Å². The molecule has 0 bridgehead atoms. The zero-order valence-electron chi connectivity index (χ0n) is 24.4. The zero-order valence-corrected chi connectivity index (χ0v) is 26.9. The summed E-state index contributed by atoms with van der Waals surface area (Å²) in [6.45, 7) is 32.5. The van der Waals surface area contributed by atoms with E-state index in [1.54, 1.807) is 0 Å². The van der Waals surface area contributed by atoms with Crippen LogP contribution in [0.25, 0.3) is 16.0 Å². The van der Waals surface area contributed by atoms with Gasteiger partial charge in [-0.3, -0.25) is 0 Å². The second kappa shape index (κ2) is 30.1. The minimum absolute atomic E-state index is 0. The van der Waals surface area contributed by atoms with Crippen molar-refractivity contribution in [3.05, 3.63) is 46.3 Å². The maximum Gasteiger partial charge on any atom is 4.00 e. The number of rotatable bonds is 12. The van der Waals surface area contributed by atoms with Crippen molar-refractivity contribution in [2.75, 3.05) is 39.3 Å². The minimum atomic E-state index is 0. The van der Waals surface area contributed by atoms with Crippen LogP contribution in [0.15, 0.2) is 30.3 Å². The minimum Gasteiger partial charge on any atom is -0.662 e. The summed E-state index contributed by atoms with van der Waals surface area (Å²) in [6.07, 6.45) is 0. The van der Waals surface area contributed by atoms with Gasteiger partial charge in [0.1, 0.15) is 0 Å². The molecule has 194 valence electrons. The summed E-state index contributed by atoms with van der Waals surface area (Å²) in [5, 5.41) is 13.1. The van der Waals surface area contributed by atoms with Crippen LogP contribution in [0.1, 0.15) is 83.1 Å². The smallest absolute Gasteiger partial charge is 0.662 e. The van der Waals surface area contributed by atoms with E-state index >= 15 is 0 Å². The first-order valence-corrected chi connectivity index (χ1v) is 12.9. The molecular formula is C29H59N3Zr. The largest absolute Gasteiger partial charge is 4.00 e. The van der Waals surface area contributed by atoms with Crippen LogP contribution in [0.3, 0.4) is 0 Å². The quantitative estimate of drug-likeness (QED) is 0.237. The third-order valence-corrected chi connectivity index (χ3v) is 3.52. The monoisotopic (exact) mass is 539 g/mol. The maximum absolute atomic E-state index is 4.37. The van der Waals surface area contributed by atoms with Gasteiger partial charge in [0, 0.05) is 0 Å². The molecule has 0 saturated carbocycles. The number of nitrogens with zero attached hydrogens (tertiary/aromatic N) is 3. The van der Waals surface area contributed by atoms with Gasteiger partial charge in [0.05, 0.1) is 0 Å². The molecule has 0 saturated heterocycles. The second-order valence-corrected chi connectivity index (χ2v) is 11.1. The molecule has 0 heterocycles. The average Bonchev–Trinajstić information content (AvgIpc) is 3.20. The van der Waals surface area contributed by atoms with Crippen LogP contribution in [0.4, 0.5) is 0 Å². The first-order chi connectivity index (χ1) is 14.9. The molecule has 0 aliphatic rings. The molecule has 1 rings (SSSR count).